The highest BCUT2D eigenvalue weighted by Gasteiger charge is 2.17. The summed E-state index contributed by atoms with van der Waals surface area (Å²) in [5, 5.41) is 11.0. The van der Waals surface area contributed by atoms with Gasteiger partial charge in [-0.05, 0) is 26.0 Å². The highest BCUT2D eigenvalue weighted by atomic mass is 16.3. The van der Waals surface area contributed by atoms with Gasteiger partial charge in [-0.3, -0.25) is 4.98 Å². The Morgan fingerprint density at radius 1 is 1.24 bits per heavy atom. The molecule has 17 heavy (non-hydrogen) atoms. The van der Waals surface area contributed by atoms with Gasteiger partial charge in [-0.15, -0.1) is 0 Å². The fourth-order valence-corrected chi connectivity index (χ4v) is 2.08. The molecular formula is C14H18N2O. The zero-order valence-electron chi connectivity index (χ0n) is 10.5. The van der Waals surface area contributed by atoms with Crippen molar-refractivity contribution in [1.29, 1.82) is 0 Å². The first-order valence-electron chi connectivity index (χ1n) is 5.75. The summed E-state index contributed by atoms with van der Waals surface area (Å²) >= 11 is 0. The highest BCUT2D eigenvalue weighted by molar-refractivity contribution is 5.91. The van der Waals surface area contributed by atoms with E-state index in [4.69, 9.17) is 0 Å². The predicted octanol–water partition coefficient (Wildman–Crippen LogP) is 2.44. The number of hydrogen-bond acceptors (Lipinski definition) is 3. The van der Waals surface area contributed by atoms with Crippen LogP contribution in [-0.4, -0.2) is 29.3 Å². The molecule has 90 valence electrons. The van der Waals surface area contributed by atoms with Crippen molar-refractivity contribution in [1.82, 2.24) is 4.98 Å². The molecule has 3 heteroatoms. The Balaban J connectivity index is 2.41. The standard InChI is InChI=1S/C14H18N2O/c1-14(2,17)10-16(3)13-8-9-15-12-7-5-4-6-11(12)13/h4-9,17H,10H2,1-3H3. The molecule has 0 radical (unpaired) electrons. The first-order valence-corrected chi connectivity index (χ1v) is 5.75. The summed E-state index contributed by atoms with van der Waals surface area (Å²) in [6.45, 7) is 4.21. The molecule has 1 aromatic carbocycles. The number of nitrogens with zero attached hydrogens (tertiary/aromatic N) is 2. The van der Waals surface area contributed by atoms with Crippen LogP contribution in [0.4, 0.5) is 5.69 Å². The van der Waals surface area contributed by atoms with Crippen molar-refractivity contribution in [2.45, 2.75) is 19.4 Å². The number of fused-ring (bicyclic) bond motifs is 1. The van der Waals surface area contributed by atoms with Crippen LogP contribution in [0, 0.1) is 0 Å². The van der Waals surface area contributed by atoms with Crippen LogP contribution in [0.1, 0.15) is 13.8 Å². The predicted molar refractivity (Wildman–Crippen MR) is 71.3 cm³/mol. The van der Waals surface area contributed by atoms with Crippen LogP contribution in [0.15, 0.2) is 36.5 Å². The maximum atomic E-state index is 9.86. The van der Waals surface area contributed by atoms with E-state index >= 15 is 0 Å². The van der Waals surface area contributed by atoms with Crippen LogP contribution < -0.4 is 4.90 Å². The SMILES string of the molecule is CN(CC(C)(C)O)c1ccnc2ccccc12. The average Bonchev–Trinajstić information content (AvgIpc) is 2.26. The Bertz CT molecular complexity index is 512. The zero-order valence-corrected chi connectivity index (χ0v) is 10.5. The lowest BCUT2D eigenvalue weighted by molar-refractivity contribution is 0.0887. The van der Waals surface area contributed by atoms with Gasteiger partial charge in [0.15, 0.2) is 0 Å². The van der Waals surface area contributed by atoms with Gasteiger partial charge in [0.2, 0.25) is 0 Å². The minimum absolute atomic E-state index is 0.584. The summed E-state index contributed by atoms with van der Waals surface area (Å²) in [7, 11) is 1.99. The Kier molecular flexibility index (Phi) is 3.03. The molecule has 1 heterocycles. The van der Waals surface area contributed by atoms with Gasteiger partial charge in [-0.25, -0.2) is 0 Å². The number of rotatable bonds is 3. The van der Waals surface area contributed by atoms with Crippen molar-refractivity contribution in [3.05, 3.63) is 36.5 Å². The van der Waals surface area contributed by atoms with Gasteiger partial charge in [0, 0.05) is 30.9 Å². The zero-order chi connectivity index (χ0) is 12.5. The number of aromatic nitrogens is 1. The molecule has 0 aliphatic heterocycles. The second-order valence-corrected chi connectivity index (χ2v) is 5.02. The Hall–Kier alpha value is -1.61. The van der Waals surface area contributed by atoms with Gasteiger partial charge >= 0.3 is 0 Å². The van der Waals surface area contributed by atoms with Gasteiger partial charge in [0.25, 0.3) is 0 Å². The molecule has 0 saturated heterocycles. The van der Waals surface area contributed by atoms with Crippen LogP contribution in [0.3, 0.4) is 0 Å². The Morgan fingerprint density at radius 2 is 1.94 bits per heavy atom. The minimum atomic E-state index is -0.709. The quantitative estimate of drug-likeness (QED) is 0.879. The lowest BCUT2D eigenvalue weighted by atomic mass is 10.1. The minimum Gasteiger partial charge on any atom is -0.389 e. The maximum absolute atomic E-state index is 9.86. The van der Waals surface area contributed by atoms with E-state index in [2.05, 4.69) is 16.0 Å². The van der Waals surface area contributed by atoms with Crippen molar-refractivity contribution in [2.24, 2.45) is 0 Å². The third-order valence-corrected chi connectivity index (χ3v) is 2.66. The molecule has 0 bridgehead atoms. The molecule has 2 rings (SSSR count). The lowest BCUT2D eigenvalue weighted by Crippen LogP contribution is -2.36. The molecule has 3 nitrogen and oxygen atoms in total. The first kappa shape index (κ1) is 11.9. The van der Waals surface area contributed by atoms with E-state index in [1.807, 2.05) is 45.2 Å². The van der Waals surface area contributed by atoms with Crippen molar-refractivity contribution in [3.63, 3.8) is 0 Å². The van der Waals surface area contributed by atoms with E-state index in [1.165, 1.54) is 0 Å². The maximum Gasteiger partial charge on any atom is 0.0765 e. The number of anilines is 1. The van der Waals surface area contributed by atoms with Gasteiger partial charge in [-0.1, -0.05) is 18.2 Å². The van der Waals surface area contributed by atoms with Crippen molar-refractivity contribution >= 4 is 16.6 Å². The molecule has 2 aromatic rings. The number of hydrogen-bond donors (Lipinski definition) is 1. The summed E-state index contributed by atoms with van der Waals surface area (Å²) in [4.78, 5) is 6.39. The molecule has 0 atom stereocenters. The summed E-state index contributed by atoms with van der Waals surface area (Å²) in [5.41, 5.74) is 1.37. The van der Waals surface area contributed by atoms with Crippen LogP contribution in [-0.2, 0) is 0 Å². The molecule has 0 aliphatic carbocycles. The number of para-hydroxylation sites is 1. The number of likely N-dealkylation sites (N-methyl/N-ethyl adjacent to an activating group) is 1. The van der Waals surface area contributed by atoms with Crippen molar-refractivity contribution in [3.8, 4) is 0 Å². The fourth-order valence-electron chi connectivity index (χ4n) is 2.08. The lowest BCUT2D eigenvalue weighted by Gasteiger charge is -2.28. The van der Waals surface area contributed by atoms with Crippen LogP contribution in [0.25, 0.3) is 10.9 Å². The van der Waals surface area contributed by atoms with Gasteiger partial charge in [-0.2, -0.15) is 0 Å². The molecule has 0 amide bonds. The third-order valence-electron chi connectivity index (χ3n) is 2.66. The summed E-state index contributed by atoms with van der Waals surface area (Å²) in [6, 6.07) is 10.0. The number of benzene rings is 1. The van der Waals surface area contributed by atoms with Gasteiger partial charge in [0.05, 0.1) is 11.1 Å². The van der Waals surface area contributed by atoms with E-state index in [0.29, 0.717) is 6.54 Å². The number of pyridine rings is 1. The summed E-state index contributed by atoms with van der Waals surface area (Å²) in [5.74, 6) is 0. The molecule has 1 N–H and O–H groups in total. The van der Waals surface area contributed by atoms with Crippen LogP contribution in [0.5, 0.6) is 0 Å². The molecular weight excluding hydrogens is 212 g/mol. The fraction of sp³-hybridized carbons (Fsp3) is 0.357. The van der Waals surface area contributed by atoms with Crippen molar-refractivity contribution in [2.75, 3.05) is 18.5 Å². The van der Waals surface area contributed by atoms with E-state index in [0.717, 1.165) is 16.6 Å². The first-order chi connectivity index (χ1) is 7.97. The summed E-state index contributed by atoms with van der Waals surface area (Å²) < 4.78 is 0. The number of aliphatic hydroxyl groups is 1. The van der Waals surface area contributed by atoms with Gasteiger partial charge < -0.3 is 10.0 Å². The molecule has 0 aliphatic rings. The molecule has 0 saturated carbocycles. The third kappa shape index (κ3) is 2.74. The monoisotopic (exact) mass is 230 g/mol. The second kappa shape index (κ2) is 4.34. The van der Waals surface area contributed by atoms with Gasteiger partial charge in [0.1, 0.15) is 0 Å². The Labute approximate surface area is 102 Å². The van der Waals surface area contributed by atoms with Crippen LogP contribution in [0.2, 0.25) is 0 Å². The Morgan fingerprint density at radius 3 is 2.65 bits per heavy atom. The van der Waals surface area contributed by atoms with Crippen LogP contribution >= 0.6 is 0 Å². The van der Waals surface area contributed by atoms with E-state index in [-0.39, 0.29) is 0 Å². The normalized spacial score (nSPS) is 11.8. The largest absolute Gasteiger partial charge is 0.389 e. The molecule has 0 unspecified atom stereocenters. The van der Waals surface area contributed by atoms with E-state index in [1.54, 1.807) is 6.20 Å². The molecule has 0 fully saturated rings. The highest BCUT2D eigenvalue weighted by Crippen LogP contribution is 2.25. The van der Waals surface area contributed by atoms with E-state index in [9.17, 15) is 5.11 Å². The smallest absolute Gasteiger partial charge is 0.0765 e. The topological polar surface area (TPSA) is 36.4 Å². The molecule has 0 spiro atoms. The van der Waals surface area contributed by atoms with E-state index < -0.39 is 5.60 Å². The second-order valence-electron chi connectivity index (χ2n) is 5.02. The molecule has 1 aromatic heterocycles. The average molecular weight is 230 g/mol. The summed E-state index contributed by atoms with van der Waals surface area (Å²) in [6.07, 6.45) is 1.80. The van der Waals surface area contributed by atoms with Crippen molar-refractivity contribution < 1.29 is 5.11 Å².